The van der Waals surface area contributed by atoms with Gasteiger partial charge >= 0.3 is 0 Å². The molecule has 0 atom stereocenters. The zero-order valence-corrected chi connectivity index (χ0v) is 17.7. The molecule has 5 rings (SSSR count). The molecule has 2 aliphatic heterocycles. The van der Waals surface area contributed by atoms with Gasteiger partial charge in [0.2, 0.25) is 0 Å². The second-order valence-corrected chi connectivity index (χ2v) is 8.02. The minimum absolute atomic E-state index is 0.0452. The van der Waals surface area contributed by atoms with Gasteiger partial charge < -0.3 is 10.2 Å². The lowest BCUT2D eigenvalue weighted by atomic mass is 10.0. The highest BCUT2D eigenvalue weighted by atomic mass is 19.1. The molecule has 0 aliphatic carbocycles. The fourth-order valence-corrected chi connectivity index (χ4v) is 4.27. The van der Waals surface area contributed by atoms with Crippen LogP contribution in [0, 0.1) is 11.6 Å². The second kappa shape index (κ2) is 8.50. The predicted octanol–water partition coefficient (Wildman–Crippen LogP) is 4.96. The summed E-state index contributed by atoms with van der Waals surface area (Å²) in [5, 5.41) is 3.07. The summed E-state index contributed by atoms with van der Waals surface area (Å²) in [7, 11) is 0. The van der Waals surface area contributed by atoms with Gasteiger partial charge in [-0.1, -0.05) is 30.3 Å². The van der Waals surface area contributed by atoms with Crippen molar-refractivity contribution in [2.24, 2.45) is 0 Å². The van der Waals surface area contributed by atoms with Crippen LogP contribution in [0.25, 0.3) is 5.57 Å². The average molecular weight is 445 g/mol. The smallest absolute Gasteiger partial charge is 0.282 e. The number of rotatable bonds is 5. The summed E-state index contributed by atoms with van der Waals surface area (Å²) < 4.78 is 27.9. The van der Waals surface area contributed by atoms with E-state index >= 15 is 0 Å². The van der Waals surface area contributed by atoms with Crippen molar-refractivity contribution in [2.75, 3.05) is 28.2 Å². The average Bonchev–Trinajstić information content (AvgIpc) is 3.43. The molecule has 2 amide bonds. The second-order valence-electron chi connectivity index (χ2n) is 8.02. The summed E-state index contributed by atoms with van der Waals surface area (Å²) in [6.45, 7) is 2.03. The number of carbonyl (C=O) groups excluding carboxylic acids is 2. The standard InChI is InChI=1S/C26H21F2N3O2/c27-18-8-13-22(21(28)16-18)31-25(32)23(17-6-2-1-3-7-17)24(26(31)33)29-19-9-11-20(12-10-19)30-14-4-5-15-30/h1-3,6-13,16,29H,4-5,14-15H2. The molecule has 2 heterocycles. The molecule has 0 aromatic heterocycles. The van der Waals surface area contributed by atoms with Crippen molar-refractivity contribution in [2.45, 2.75) is 12.8 Å². The van der Waals surface area contributed by atoms with Crippen molar-refractivity contribution in [3.63, 3.8) is 0 Å². The minimum atomic E-state index is -0.986. The summed E-state index contributed by atoms with van der Waals surface area (Å²) >= 11 is 0. The van der Waals surface area contributed by atoms with E-state index in [1.54, 1.807) is 30.3 Å². The molecule has 5 nitrogen and oxygen atoms in total. The van der Waals surface area contributed by atoms with Crippen molar-refractivity contribution in [3.8, 4) is 0 Å². The van der Waals surface area contributed by atoms with Crippen LogP contribution in [0.3, 0.4) is 0 Å². The van der Waals surface area contributed by atoms with E-state index in [2.05, 4.69) is 10.2 Å². The molecule has 1 N–H and O–H groups in total. The van der Waals surface area contributed by atoms with Crippen molar-refractivity contribution < 1.29 is 18.4 Å². The van der Waals surface area contributed by atoms with E-state index in [4.69, 9.17) is 0 Å². The predicted molar refractivity (Wildman–Crippen MR) is 124 cm³/mol. The third-order valence-electron chi connectivity index (χ3n) is 5.90. The third-order valence-corrected chi connectivity index (χ3v) is 5.90. The van der Waals surface area contributed by atoms with E-state index in [1.165, 1.54) is 12.8 Å². The molecule has 0 saturated carbocycles. The number of hydrogen-bond acceptors (Lipinski definition) is 4. The van der Waals surface area contributed by atoms with Gasteiger partial charge in [-0.2, -0.15) is 0 Å². The normalized spacial score (nSPS) is 16.2. The monoisotopic (exact) mass is 445 g/mol. The Balaban J connectivity index is 1.52. The zero-order valence-electron chi connectivity index (χ0n) is 17.7. The number of benzene rings is 3. The van der Waals surface area contributed by atoms with Gasteiger partial charge in [0.1, 0.15) is 17.3 Å². The van der Waals surface area contributed by atoms with E-state index in [-0.39, 0.29) is 17.0 Å². The Morgan fingerprint density at radius 3 is 2.15 bits per heavy atom. The molecular formula is C26H21F2N3O2. The molecule has 7 heteroatoms. The van der Waals surface area contributed by atoms with Crippen LogP contribution in [0.4, 0.5) is 25.8 Å². The van der Waals surface area contributed by atoms with Crippen molar-refractivity contribution in [1.29, 1.82) is 0 Å². The highest BCUT2D eigenvalue weighted by molar-refractivity contribution is 6.46. The van der Waals surface area contributed by atoms with Gasteiger partial charge in [0.05, 0.1) is 11.3 Å². The number of anilines is 3. The molecule has 1 saturated heterocycles. The van der Waals surface area contributed by atoms with Crippen LogP contribution in [0.2, 0.25) is 0 Å². The molecule has 33 heavy (non-hydrogen) atoms. The van der Waals surface area contributed by atoms with E-state index < -0.39 is 23.4 Å². The van der Waals surface area contributed by atoms with Gasteiger partial charge in [-0.05, 0) is 54.8 Å². The SMILES string of the molecule is O=C1C(Nc2ccc(N3CCCC3)cc2)=C(c2ccccc2)C(=O)N1c1ccc(F)cc1F. The van der Waals surface area contributed by atoms with Gasteiger partial charge in [0, 0.05) is 30.5 Å². The molecule has 0 unspecified atom stereocenters. The quantitative estimate of drug-likeness (QED) is 0.564. The highest BCUT2D eigenvalue weighted by Gasteiger charge is 2.41. The number of imide groups is 1. The summed E-state index contributed by atoms with van der Waals surface area (Å²) in [6.07, 6.45) is 2.33. The molecule has 2 aliphatic rings. The van der Waals surface area contributed by atoms with Crippen LogP contribution in [-0.4, -0.2) is 24.9 Å². The van der Waals surface area contributed by atoms with Gasteiger partial charge in [0.15, 0.2) is 0 Å². The van der Waals surface area contributed by atoms with Crippen LogP contribution in [0.1, 0.15) is 18.4 Å². The maximum atomic E-state index is 14.5. The van der Waals surface area contributed by atoms with Crippen molar-refractivity contribution >= 4 is 34.4 Å². The molecule has 0 bridgehead atoms. The van der Waals surface area contributed by atoms with Crippen LogP contribution in [0.5, 0.6) is 0 Å². The Hall–Kier alpha value is -4.00. The molecule has 3 aromatic rings. The van der Waals surface area contributed by atoms with Crippen LogP contribution in [0.15, 0.2) is 78.5 Å². The molecule has 166 valence electrons. The Labute approximate surface area is 189 Å². The maximum absolute atomic E-state index is 14.5. The molecular weight excluding hydrogens is 424 g/mol. The Morgan fingerprint density at radius 1 is 0.788 bits per heavy atom. The van der Waals surface area contributed by atoms with Crippen molar-refractivity contribution in [3.05, 3.63) is 95.7 Å². The first-order valence-corrected chi connectivity index (χ1v) is 10.8. The Kier molecular flexibility index (Phi) is 5.38. The van der Waals surface area contributed by atoms with E-state index in [0.29, 0.717) is 17.3 Å². The summed E-state index contributed by atoms with van der Waals surface area (Å²) in [5.41, 5.74) is 2.14. The zero-order chi connectivity index (χ0) is 22.9. The number of carbonyl (C=O) groups is 2. The van der Waals surface area contributed by atoms with E-state index in [1.807, 2.05) is 24.3 Å². The number of nitrogens with one attached hydrogen (secondary N) is 1. The molecule has 3 aromatic carbocycles. The number of hydrogen-bond donors (Lipinski definition) is 1. The van der Waals surface area contributed by atoms with Gasteiger partial charge in [-0.15, -0.1) is 0 Å². The first-order chi connectivity index (χ1) is 16.0. The first kappa shape index (κ1) is 20.9. The highest BCUT2D eigenvalue weighted by Crippen LogP contribution is 2.35. The maximum Gasteiger partial charge on any atom is 0.282 e. The lowest BCUT2D eigenvalue weighted by Gasteiger charge is -2.18. The first-order valence-electron chi connectivity index (χ1n) is 10.8. The van der Waals surface area contributed by atoms with Crippen molar-refractivity contribution in [1.82, 2.24) is 0 Å². The van der Waals surface area contributed by atoms with Crippen LogP contribution < -0.4 is 15.1 Å². The number of nitrogens with zero attached hydrogens (tertiary/aromatic N) is 2. The van der Waals surface area contributed by atoms with E-state index in [0.717, 1.165) is 35.8 Å². The number of amides is 2. The lowest BCUT2D eigenvalue weighted by Crippen LogP contribution is -2.33. The van der Waals surface area contributed by atoms with Gasteiger partial charge in [0.25, 0.3) is 11.8 Å². The fourth-order valence-electron chi connectivity index (χ4n) is 4.27. The van der Waals surface area contributed by atoms with E-state index in [9.17, 15) is 18.4 Å². The number of halogens is 2. The molecule has 0 radical (unpaired) electrons. The Morgan fingerprint density at radius 2 is 1.48 bits per heavy atom. The molecule has 0 spiro atoms. The summed E-state index contributed by atoms with van der Waals surface area (Å²) in [6, 6.07) is 19.1. The van der Waals surface area contributed by atoms with Crippen LogP contribution in [-0.2, 0) is 9.59 Å². The fraction of sp³-hybridized carbons (Fsp3) is 0.154. The topological polar surface area (TPSA) is 52.7 Å². The third kappa shape index (κ3) is 3.86. The lowest BCUT2D eigenvalue weighted by molar-refractivity contribution is -0.120. The minimum Gasteiger partial charge on any atom is -0.372 e. The molecule has 1 fully saturated rings. The Bertz CT molecular complexity index is 1250. The largest absolute Gasteiger partial charge is 0.372 e. The summed E-state index contributed by atoms with van der Waals surface area (Å²) in [5.74, 6) is -3.15. The van der Waals surface area contributed by atoms with Gasteiger partial charge in [-0.25, -0.2) is 13.7 Å². The van der Waals surface area contributed by atoms with Crippen LogP contribution >= 0.6 is 0 Å². The summed E-state index contributed by atoms with van der Waals surface area (Å²) in [4.78, 5) is 29.7. The van der Waals surface area contributed by atoms with Gasteiger partial charge in [-0.3, -0.25) is 9.59 Å².